The van der Waals surface area contributed by atoms with Gasteiger partial charge in [0.05, 0.1) is 6.04 Å². The highest BCUT2D eigenvalue weighted by molar-refractivity contribution is 5.76. The van der Waals surface area contributed by atoms with E-state index in [0.717, 1.165) is 18.9 Å². The van der Waals surface area contributed by atoms with Gasteiger partial charge >= 0.3 is 0 Å². The molecule has 1 aromatic carbocycles. The Bertz CT molecular complexity index is 822. The first kappa shape index (κ1) is 18.7. The number of ether oxygens (including phenoxy) is 1. The molecule has 0 amide bonds. The van der Waals surface area contributed by atoms with E-state index in [0.29, 0.717) is 18.5 Å². The molecule has 0 bridgehead atoms. The third-order valence-corrected chi connectivity index (χ3v) is 5.26. The Morgan fingerprint density at radius 1 is 1.15 bits per heavy atom. The Labute approximate surface area is 157 Å². The molecule has 0 aliphatic carbocycles. The van der Waals surface area contributed by atoms with E-state index in [-0.39, 0.29) is 0 Å². The third kappa shape index (κ3) is 3.69. The van der Waals surface area contributed by atoms with Crippen LogP contribution < -0.4 is 4.57 Å². The third-order valence-electron chi connectivity index (χ3n) is 5.26. The van der Waals surface area contributed by atoms with Crippen LogP contribution in [-0.2, 0) is 11.3 Å². The summed E-state index contributed by atoms with van der Waals surface area (Å²) in [4.78, 5) is 4.79. The molecule has 4 nitrogen and oxygen atoms in total. The fourth-order valence-electron chi connectivity index (χ4n) is 4.00. The van der Waals surface area contributed by atoms with Crippen LogP contribution in [0, 0.1) is 40.5 Å². The van der Waals surface area contributed by atoms with Gasteiger partial charge in [0, 0.05) is 13.8 Å². The quantitative estimate of drug-likeness (QED) is 0.742. The van der Waals surface area contributed by atoms with Crippen LogP contribution in [0.15, 0.2) is 23.5 Å². The molecule has 3 rings (SSSR count). The first-order chi connectivity index (χ1) is 12.3. The highest BCUT2D eigenvalue weighted by Crippen LogP contribution is 2.23. The van der Waals surface area contributed by atoms with Crippen molar-refractivity contribution in [2.75, 3.05) is 6.61 Å². The molecular formula is C22H32N3O+. The zero-order chi connectivity index (χ0) is 19.0. The predicted molar refractivity (Wildman–Crippen MR) is 106 cm³/mol. The molecular weight excluding hydrogens is 322 g/mol. The summed E-state index contributed by atoms with van der Waals surface area (Å²) in [5.41, 5.74) is 7.71. The van der Waals surface area contributed by atoms with Crippen molar-refractivity contribution in [3.8, 4) is 5.69 Å². The average Bonchev–Trinajstić information content (AvgIpc) is 3.06. The topological polar surface area (TPSA) is 30.4 Å². The minimum absolute atomic E-state index is 0.315. The standard InChI is InChI=1S/C22H32N3O/c1-14(2)8-20-12-26-21(23-20)11-24-13-25(19(7)18(24)6)22-16(4)9-15(3)10-17(22)5/h9-10,13-14,20H,8,11-12H2,1-7H3/q+1/t20-/m0/s1. The van der Waals surface area contributed by atoms with Gasteiger partial charge in [-0.3, -0.25) is 0 Å². The summed E-state index contributed by atoms with van der Waals surface area (Å²) in [5, 5.41) is 0. The van der Waals surface area contributed by atoms with Crippen molar-refractivity contribution in [3.63, 3.8) is 0 Å². The molecule has 1 atom stereocenters. The van der Waals surface area contributed by atoms with Gasteiger partial charge in [0.2, 0.25) is 12.2 Å². The van der Waals surface area contributed by atoms with E-state index >= 15 is 0 Å². The van der Waals surface area contributed by atoms with Crippen LogP contribution >= 0.6 is 0 Å². The van der Waals surface area contributed by atoms with Crippen molar-refractivity contribution in [2.45, 2.75) is 67.5 Å². The molecule has 0 spiro atoms. The smallest absolute Gasteiger partial charge is 0.249 e. The molecule has 0 fully saturated rings. The molecule has 1 aliphatic rings. The Morgan fingerprint density at radius 2 is 1.81 bits per heavy atom. The number of imidazole rings is 1. The SMILES string of the molecule is Cc1cc(C)c(-n2c[n+](CC3=N[C@@H](CC(C)C)CO3)c(C)c2C)c(C)c1. The average molecular weight is 355 g/mol. The summed E-state index contributed by atoms with van der Waals surface area (Å²) in [6, 6.07) is 4.82. The molecule has 2 aromatic rings. The molecule has 0 saturated heterocycles. The second kappa shape index (κ2) is 7.26. The number of nitrogens with zero attached hydrogens (tertiary/aromatic N) is 3. The van der Waals surface area contributed by atoms with Crippen LogP contribution in [0.25, 0.3) is 5.69 Å². The van der Waals surface area contributed by atoms with E-state index in [1.54, 1.807) is 0 Å². The van der Waals surface area contributed by atoms with E-state index in [9.17, 15) is 0 Å². The lowest BCUT2D eigenvalue weighted by molar-refractivity contribution is -0.688. The molecule has 1 aromatic heterocycles. The van der Waals surface area contributed by atoms with Gasteiger partial charge in [0.1, 0.15) is 23.7 Å². The van der Waals surface area contributed by atoms with Crippen molar-refractivity contribution in [1.82, 2.24) is 4.57 Å². The maximum absolute atomic E-state index is 5.86. The van der Waals surface area contributed by atoms with E-state index in [2.05, 4.69) is 76.1 Å². The number of hydrogen-bond acceptors (Lipinski definition) is 2. The van der Waals surface area contributed by atoms with Crippen molar-refractivity contribution in [2.24, 2.45) is 10.9 Å². The molecule has 4 heteroatoms. The van der Waals surface area contributed by atoms with Crippen LogP contribution in [0.1, 0.15) is 48.3 Å². The zero-order valence-electron chi connectivity index (χ0n) is 17.3. The maximum atomic E-state index is 5.86. The Morgan fingerprint density at radius 3 is 2.42 bits per heavy atom. The number of aromatic nitrogens is 2. The van der Waals surface area contributed by atoms with Crippen LogP contribution in [-0.4, -0.2) is 23.1 Å². The first-order valence-corrected chi connectivity index (χ1v) is 9.62. The van der Waals surface area contributed by atoms with Gasteiger partial charge in [0.25, 0.3) is 0 Å². The van der Waals surface area contributed by atoms with E-state index in [4.69, 9.17) is 9.73 Å². The van der Waals surface area contributed by atoms with Gasteiger partial charge in [-0.15, -0.1) is 0 Å². The summed E-state index contributed by atoms with van der Waals surface area (Å²) >= 11 is 0. The van der Waals surface area contributed by atoms with Gasteiger partial charge in [-0.05, 0) is 44.2 Å². The zero-order valence-corrected chi connectivity index (χ0v) is 17.3. The van der Waals surface area contributed by atoms with Crippen molar-refractivity contribution >= 4 is 5.90 Å². The second-order valence-corrected chi connectivity index (χ2v) is 8.15. The molecule has 0 N–H and O–H groups in total. The number of hydrogen-bond donors (Lipinski definition) is 0. The van der Waals surface area contributed by atoms with Gasteiger partial charge in [-0.25, -0.2) is 9.56 Å². The number of aliphatic imine (C=N–C) groups is 1. The van der Waals surface area contributed by atoms with E-state index in [1.165, 1.54) is 33.8 Å². The van der Waals surface area contributed by atoms with Crippen molar-refractivity contribution < 1.29 is 9.30 Å². The van der Waals surface area contributed by atoms with Crippen LogP contribution in [0.5, 0.6) is 0 Å². The molecule has 140 valence electrons. The highest BCUT2D eigenvalue weighted by atomic mass is 16.5. The van der Waals surface area contributed by atoms with Gasteiger partial charge in [-0.1, -0.05) is 31.5 Å². The minimum Gasteiger partial charge on any atom is -0.476 e. The number of benzene rings is 1. The van der Waals surface area contributed by atoms with Crippen molar-refractivity contribution in [1.29, 1.82) is 0 Å². The summed E-state index contributed by atoms with van der Waals surface area (Å²) in [5.74, 6) is 1.51. The largest absolute Gasteiger partial charge is 0.476 e. The fourth-order valence-corrected chi connectivity index (χ4v) is 4.00. The fraction of sp³-hybridized carbons (Fsp3) is 0.545. The Balaban J connectivity index is 1.90. The van der Waals surface area contributed by atoms with Crippen LogP contribution in [0.4, 0.5) is 0 Å². The number of rotatable bonds is 5. The highest BCUT2D eigenvalue weighted by Gasteiger charge is 2.25. The summed E-state index contributed by atoms with van der Waals surface area (Å²) < 4.78 is 10.4. The monoisotopic (exact) mass is 354 g/mol. The molecule has 2 heterocycles. The molecule has 26 heavy (non-hydrogen) atoms. The second-order valence-electron chi connectivity index (χ2n) is 8.15. The van der Waals surface area contributed by atoms with Gasteiger partial charge in [0.15, 0.2) is 6.54 Å². The predicted octanol–water partition coefficient (Wildman–Crippen LogP) is 4.15. The first-order valence-electron chi connectivity index (χ1n) is 9.62. The lowest BCUT2D eigenvalue weighted by Crippen LogP contribution is -2.39. The molecule has 0 radical (unpaired) electrons. The Kier molecular flexibility index (Phi) is 5.22. The summed E-state index contributed by atoms with van der Waals surface area (Å²) in [7, 11) is 0. The summed E-state index contributed by atoms with van der Waals surface area (Å²) in [6.45, 7) is 16.8. The molecule has 1 aliphatic heterocycles. The Hall–Kier alpha value is -2.10. The molecule has 0 saturated carbocycles. The lowest BCUT2D eigenvalue weighted by atomic mass is 10.0. The summed E-state index contributed by atoms with van der Waals surface area (Å²) in [6.07, 6.45) is 3.28. The van der Waals surface area contributed by atoms with E-state index < -0.39 is 0 Å². The number of aryl methyl sites for hydroxylation is 3. The molecule has 0 unspecified atom stereocenters. The lowest BCUT2D eigenvalue weighted by Gasteiger charge is -2.08. The normalized spacial score (nSPS) is 16.9. The minimum atomic E-state index is 0.315. The van der Waals surface area contributed by atoms with Gasteiger partial charge < -0.3 is 4.74 Å². The van der Waals surface area contributed by atoms with Crippen LogP contribution in [0.3, 0.4) is 0 Å². The van der Waals surface area contributed by atoms with E-state index in [1.807, 2.05) is 0 Å². The van der Waals surface area contributed by atoms with Crippen molar-refractivity contribution in [3.05, 3.63) is 46.5 Å². The van der Waals surface area contributed by atoms with Gasteiger partial charge in [-0.2, -0.15) is 4.57 Å². The van der Waals surface area contributed by atoms with Crippen LogP contribution in [0.2, 0.25) is 0 Å². The maximum Gasteiger partial charge on any atom is 0.249 e.